The minimum absolute atomic E-state index is 0. The molecule has 0 amide bonds. The first-order valence-electron chi connectivity index (χ1n) is 2.69. The molecule has 0 fully saturated rings. The molecule has 0 aromatic carbocycles. The van der Waals surface area contributed by atoms with Crippen molar-refractivity contribution in [2.75, 3.05) is 13.4 Å². The van der Waals surface area contributed by atoms with E-state index < -0.39 is 0 Å². The largest absolute Gasteiger partial charge is 0.400 e. The Bertz CT molecular complexity index is 101. The highest BCUT2D eigenvalue weighted by molar-refractivity contribution is 8.12. The van der Waals surface area contributed by atoms with Crippen LogP contribution in [0.15, 0.2) is 0 Å². The first kappa shape index (κ1) is 22.7. The Morgan fingerprint density at radius 2 is 1.33 bits per heavy atom. The van der Waals surface area contributed by atoms with E-state index in [1.54, 1.807) is 13.2 Å². The van der Waals surface area contributed by atoms with E-state index >= 15 is 0 Å². The van der Waals surface area contributed by atoms with Gasteiger partial charge in [0.05, 0.1) is 0 Å². The number of thiol groups is 1. The zero-order valence-corrected chi connectivity index (χ0v) is 8.83. The Kier molecular flexibility index (Phi) is 42.4. The normalized spacial score (nSPS) is 5.83. The molecule has 0 aliphatic heterocycles. The van der Waals surface area contributed by atoms with Crippen LogP contribution in [0.2, 0.25) is 0 Å². The summed E-state index contributed by atoms with van der Waals surface area (Å²) in [6, 6.07) is 0. The molecular weight excluding hydrogens is 196 g/mol. The van der Waals surface area contributed by atoms with Gasteiger partial charge in [0.25, 0.3) is 0 Å². The van der Waals surface area contributed by atoms with Gasteiger partial charge in [-0.15, -0.1) is 12.6 Å². The van der Waals surface area contributed by atoms with E-state index in [4.69, 9.17) is 5.11 Å². The lowest BCUT2D eigenvalue weighted by atomic mass is 10.9. The fraction of sp³-hybridized carbons (Fsp3) is 0.714. The number of rotatable bonds is 0. The van der Waals surface area contributed by atoms with Crippen molar-refractivity contribution in [3.05, 3.63) is 0 Å². The van der Waals surface area contributed by atoms with Crippen molar-refractivity contribution in [3.8, 4) is 0 Å². The molecule has 0 heterocycles. The van der Waals surface area contributed by atoms with Crippen molar-refractivity contribution in [3.63, 3.8) is 0 Å². The highest BCUT2D eigenvalue weighted by Gasteiger charge is 1.77. The maximum atomic E-state index is 9.78. The van der Waals surface area contributed by atoms with Gasteiger partial charge in [0.2, 0.25) is 0 Å². The number of hydrogen-bond donors (Lipinski definition) is 2. The molecule has 0 rings (SSSR count). The number of aliphatic hydroxyl groups is 1. The minimum Gasteiger partial charge on any atom is -0.400 e. The van der Waals surface area contributed by atoms with Crippen LogP contribution in [0.1, 0.15) is 21.3 Å². The van der Waals surface area contributed by atoms with Crippen LogP contribution in [0.25, 0.3) is 0 Å². The van der Waals surface area contributed by atoms with Crippen LogP contribution in [0.3, 0.4) is 0 Å². The van der Waals surface area contributed by atoms with Crippen molar-refractivity contribution >= 4 is 34.6 Å². The van der Waals surface area contributed by atoms with Gasteiger partial charge in [-0.05, 0) is 6.26 Å². The van der Waals surface area contributed by atoms with Crippen LogP contribution in [0.4, 0.5) is 0 Å². The molecule has 0 spiro atoms. The zero-order chi connectivity index (χ0) is 9.86. The summed E-state index contributed by atoms with van der Waals surface area (Å²) < 4.78 is 0. The maximum absolute atomic E-state index is 9.78. The molecular formula is C7H18O3S2. The van der Waals surface area contributed by atoms with Crippen LogP contribution in [-0.4, -0.2) is 28.7 Å². The number of carbonyl (C=O) groups is 2. The fourth-order valence-corrected chi connectivity index (χ4v) is 0. The van der Waals surface area contributed by atoms with Crippen LogP contribution in [0, 0.1) is 0 Å². The van der Waals surface area contributed by atoms with Gasteiger partial charge in [-0.2, -0.15) is 0 Å². The van der Waals surface area contributed by atoms with E-state index in [-0.39, 0.29) is 17.7 Å². The molecule has 0 bridgehead atoms. The monoisotopic (exact) mass is 214 g/mol. The van der Waals surface area contributed by atoms with E-state index in [9.17, 15) is 9.59 Å². The van der Waals surface area contributed by atoms with Gasteiger partial charge >= 0.3 is 0 Å². The smallest absolute Gasteiger partial charge is 0.185 e. The maximum Gasteiger partial charge on any atom is 0.185 e. The van der Waals surface area contributed by atoms with E-state index in [1.165, 1.54) is 18.7 Å². The van der Waals surface area contributed by atoms with Crippen molar-refractivity contribution in [2.45, 2.75) is 21.3 Å². The van der Waals surface area contributed by atoms with Gasteiger partial charge in [-0.25, -0.2) is 0 Å². The topological polar surface area (TPSA) is 54.4 Å². The second kappa shape index (κ2) is 22.4. The Labute approximate surface area is 84.3 Å². The summed E-state index contributed by atoms with van der Waals surface area (Å²) in [5.74, 6) is 0. The Morgan fingerprint density at radius 1 is 1.25 bits per heavy atom. The second-order valence-corrected chi connectivity index (χ2v) is 2.83. The molecule has 12 heavy (non-hydrogen) atoms. The van der Waals surface area contributed by atoms with E-state index in [2.05, 4.69) is 12.6 Å². The molecule has 5 heteroatoms. The van der Waals surface area contributed by atoms with Gasteiger partial charge < -0.3 is 5.11 Å². The van der Waals surface area contributed by atoms with Crippen molar-refractivity contribution in [2.24, 2.45) is 0 Å². The zero-order valence-electron chi connectivity index (χ0n) is 7.12. The average molecular weight is 214 g/mol. The summed E-state index contributed by atoms with van der Waals surface area (Å²) in [7, 11) is 1.00. The Balaban J connectivity index is -0.0000000419. The number of thioether (sulfide) groups is 1. The van der Waals surface area contributed by atoms with Gasteiger partial charge in [0.15, 0.2) is 10.2 Å². The molecule has 0 radical (unpaired) electrons. The van der Waals surface area contributed by atoms with Crippen molar-refractivity contribution < 1.29 is 14.7 Å². The third-order valence-electron chi connectivity index (χ3n) is 0.287. The predicted octanol–water partition coefficient (Wildman–Crippen LogP) is 1.60. The molecule has 76 valence electrons. The van der Waals surface area contributed by atoms with Crippen molar-refractivity contribution in [1.29, 1.82) is 0 Å². The summed E-state index contributed by atoms with van der Waals surface area (Å²) in [6.07, 6.45) is 1.77. The van der Waals surface area contributed by atoms with E-state index in [0.717, 1.165) is 7.11 Å². The second-order valence-electron chi connectivity index (χ2n) is 1.21. The molecule has 0 aliphatic rings. The molecule has 0 saturated carbocycles. The van der Waals surface area contributed by atoms with Crippen LogP contribution >= 0.6 is 24.4 Å². The summed E-state index contributed by atoms with van der Waals surface area (Å²) >= 11 is 4.57. The number of carbonyl (C=O) groups excluding carboxylic acids is 2. The number of aliphatic hydroxyl groups excluding tert-OH is 1. The summed E-state index contributed by atoms with van der Waals surface area (Å²) in [6.45, 7) is 2.94. The SMILES string of the molecule is C.CC(=O)S.CO.CSC(C)=O. The molecule has 0 unspecified atom stereocenters. The molecule has 0 saturated heterocycles. The predicted molar refractivity (Wildman–Crippen MR) is 58.7 cm³/mol. The summed E-state index contributed by atoms with van der Waals surface area (Å²) in [5, 5.41) is 7.03. The third-order valence-corrected chi connectivity index (χ3v) is 0.862. The first-order valence-corrected chi connectivity index (χ1v) is 4.36. The molecule has 3 nitrogen and oxygen atoms in total. The molecule has 1 N–H and O–H groups in total. The van der Waals surface area contributed by atoms with Gasteiger partial charge in [-0.1, -0.05) is 19.2 Å². The lowest BCUT2D eigenvalue weighted by Gasteiger charge is -1.71. The highest BCUT2D eigenvalue weighted by atomic mass is 32.2. The van der Waals surface area contributed by atoms with Crippen LogP contribution in [-0.2, 0) is 9.59 Å². The van der Waals surface area contributed by atoms with Gasteiger partial charge in [0.1, 0.15) is 0 Å². The Morgan fingerprint density at radius 3 is 1.33 bits per heavy atom. The molecule has 0 atom stereocenters. The van der Waals surface area contributed by atoms with E-state index in [0.29, 0.717) is 0 Å². The average Bonchev–Trinajstić information content (AvgIpc) is 1.91. The standard InChI is InChI=1S/C3H6OS.C2H4OS.CH4O.CH4/c1-3(4)5-2;1-2(3)4;1-2;/h1-2H3;1H3,(H,3,4);2H,1H3;1H4. The van der Waals surface area contributed by atoms with Crippen molar-refractivity contribution in [1.82, 2.24) is 0 Å². The Hall–Kier alpha value is -0.0000000000000000555. The number of hydrogen-bond acceptors (Lipinski definition) is 4. The highest BCUT2D eigenvalue weighted by Crippen LogP contribution is 1.88. The minimum atomic E-state index is -0.139. The molecule has 0 aromatic heterocycles. The lowest BCUT2D eigenvalue weighted by Crippen LogP contribution is -1.72. The van der Waals surface area contributed by atoms with Crippen LogP contribution in [0.5, 0.6) is 0 Å². The van der Waals surface area contributed by atoms with Gasteiger partial charge in [-0.3, -0.25) is 9.59 Å². The van der Waals surface area contributed by atoms with Gasteiger partial charge in [0, 0.05) is 21.0 Å². The lowest BCUT2D eigenvalue weighted by molar-refractivity contribution is -0.109. The van der Waals surface area contributed by atoms with E-state index in [1.807, 2.05) is 0 Å². The fourth-order valence-electron chi connectivity index (χ4n) is 0. The van der Waals surface area contributed by atoms with Crippen LogP contribution < -0.4 is 0 Å². The molecule has 0 aromatic rings. The summed E-state index contributed by atoms with van der Waals surface area (Å²) in [5.41, 5.74) is 0. The first-order chi connectivity index (χ1) is 5.00. The summed E-state index contributed by atoms with van der Waals surface area (Å²) in [4.78, 5) is 19.1. The quantitative estimate of drug-likeness (QED) is 0.601. The molecule has 0 aliphatic carbocycles. The third kappa shape index (κ3) is 202.